The quantitative estimate of drug-likeness (QED) is 0.616. The second-order valence-electron chi connectivity index (χ2n) is 5.46. The molecule has 0 aliphatic heterocycles. The molecular weight excluding hydrogens is 298 g/mol. The van der Waals surface area contributed by atoms with Crippen LogP contribution in [-0.4, -0.2) is 19.9 Å². The van der Waals surface area contributed by atoms with Crippen LogP contribution in [0.5, 0.6) is 0 Å². The Kier molecular flexibility index (Phi) is 3.59. The summed E-state index contributed by atoms with van der Waals surface area (Å²) in [5, 5.41) is 4.34. The lowest BCUT2D eigenvalue weighted by atomic mass is 10.2. The molecule has 0 unspecified atom stereocenters. The summed E-state index contributed by atoms with van der Waals surface area (Å²) in [5.41, 5.74) is 3.81. The highest BCUT2D eigenvalue weighted by Crippen LogP contribution is 2.24. The van der Waals surface area contributed by atoms with E-state index in [0.29, 0.717) is 0 Å². The Balaban J connectivity index is 1.63. The van der Waals surface area contributed by atoms with E-state index in [1.807, 2.05) is 61.5 Å². The van der Waals surface area contributed by atoms with Crippen molar-refractivity contribution in [1.29, 1.82) is 0 Å². The van der Waals surface area contributed by atoms with Crippen LogP contribution in [-0.2, 0) is 0 Å². The molecule has 2 heterocycles. The number of nitrogens with one attached hydrogen (secondary N) is 1. The van der Waals surface area contributed by atoms with Crippen molar-refractivity contribution < 1.29 is 0 Å². The number of hydrogen-bond donors (Lipinski definition) is 1. The van der Waals surface area contributed by atoms with Crippen molar-refractivity contribution in [3.8, 4) is 11.4 Å². The Morgan fingerprint density at radius 3 is 2.50 bits per heavy atom. The summed E-state index contributed by atoms with van der Waals surface area (Å²) in [6.07, 6.45) is 3.34. The van der Waals surface area contributed by atoms with E-state index in [1.165, 1.54) is 0 Å². The normalized spacial score (nSPS) is 10.7. The van der Waals surface area contributed by atoms with E-state index in [0.717, 1.165) is 39.5 Å². The molecule has 0 aliphatic carbocycles. The Morgan fingerprint density at radius 2 is 1.67 bits per heavy atom. The van der Waals surface area contributed by atoms with Crippen molar-refractivity contribution in [2.24, 2.45) is 0 Å². The van der Waals surface area contributed by atoms with Crippen molar-refractivity contribution in [3.05, 3.63) is 72.8 Å². The molecule has 0 aliphatic rings. The van der Waals surface area contributed by atoms with Crippen molar-refractivity contribution in [1.82, 2.24) is 19.9 Å². The van der Waals surface area contributed by atoms with Gasteiger partial charge in [0.25, 0.3) is 0 Å². The lowest BCUT2D eigenvalue weighted by Crippen LogP contribution is -1.96. The monoisotopic (exact) mass is 313 g/mol. The first kappa shape index (κ1) is 14.3. The zero-order valence-electron chi connectivity index (χ0n) is 13.1. The molecule has 5 nitrogen and oxygen atoms in total. The molecule has 4 rings (SSSR count). The number of aromatic nitrogens is 4. The first-order valence-electron chi connectivity index (χ1n) is 7.66. The molecule has 0 atom stereocenters. The summed E-state index contributed by atoms with van der Waals surface area (Å²) in [5.74, 6) is 1.52. The van der Waals surface area contributed by atoms with Crippen LogP contribution < -0.4 is 5.32 Å². The van der Waals surface area contributed by atoms with Crippen LogP contribution in [0.3, 0.4) is 0 Å². The first-order valence-corrected chi connectivity index (χ1v) is 7.66. The Morgan fingerprint density at radius 1 is 0.833 bits per heavy atom. The summed E-state index contributed by atoms with van der Waals surface area (Å²) < 4.78 is 0. The Hall–Kier alpha value is -3.34. The van der Waals surface area contributed by atoms with E-state index in [1.54, 1.807) is 12.5 Å². The topological polar surface area (TPSA) is 63.6 Å². The number of benzene rings is 2. The first-order chi connectivity index (χ1) is 11.8. The molecule has 0 saturated carbocycles. The van der Waals surface area contributed by atoms with Crippen molar-refractivity contribution in [2.45, 2.75) is 6.92 Å². The minimum Gasteiger partial charge on any atom is -0.340 e. The fourth-order valence-electron chi connectivity index (χ4n) is 2.53. The van der Waals surface area contributed by atoms with Crippen LogP contribution in [0.4, 0.5) is 11.5 Å². The zero-order chi connectivity index (χ0) is 16.4. The van der Waals surface area contributed by atoms with Crippen LogP contribution in [0, 0.1) is 6.92 Å². The highest BCUT2D eigenvalue weighted by atomic mass is 15.0. The van der Waals surface area contributed by atoms with Crippen molar-refractivity contribution in [2.75, 3.05) is 5.32 Å². The van der Waals surface area contributed by atoms with E-state index >= 15 is 0 Å². The van der Waals surface area contributed by atoms with Crippen LogP contribution in [0.1, 0.15) is 5.69 Å². The standard InChI is InChI=1S/C19H15N5/c1-13-10-11-20-18(23-13)14-6-8-15(9-7-14)24-19-16-4-2-3-5-17(16)21-12-22-19/h2-12H,1H3,(H,21,22,24). The second kappa shape index (κ2) is 6.04. The third-order valence-electron chi connectivity index (χ3n) is 3.74. The Labute approximate surface area is 139 Å². The van der Waals surface area contributed by atoms with E-state index in [-0.39, 0.29) is 0 Å². The molecule has 0 bridgehead atoms. The van der Waals surface area contributed by atoms with Gasteiger partial charge < -0.3 is 5.32 Å². The summed E-state index contributed by atoms with van der Waals surface area (Å²) in [6.45, 7) is 1.96. The molecule has 0 spiro atoms. The molecular formula is C19H15N5. The van der Waals surface area contributed by atoms with Gasteiger partial charge in [-0.05, 0) is 49.4 Å². The maximum Gasteiger partial charge on any atom is 0.159 e. The van der Waals surface area contributed by atoms with Gasteiger partial charge in [0.1, 0.15) is 12.1 Å². The molecule has 0 saturated heterocycles. The minimum atomic E-state index is 0.731. The molecule has 24 heavy (non-hydrogen) atoms. The highest BCUT2D eigenvalue weighted by Gasteiger charge is 2.05. The van der Waals surface area contributed by atoms with E-state index in [4.69, 9.17) is 0 Å². The van der Waals surface area contributed by atoms with Gasteiger partial charge in [0, 0.05) is 28.5 Å². The fraction of sp³-hybridized carbons (Fsp3) is 0.0526. The Bertz CT molecular complexity index is 990. The lowest BCUT2D eigenvalue weighted by Gasteiger charge is -2.09. The van der Waals surface area contributed by atoms with Gasteiger partial charge in [-0.2, -0.15) is 0 Å². The van der Waals surface area contributed by atoms with Crippen molar-refractivity contribution in [3.63, 3.8) is 0 Å². The predicted octanol–water partition coefficient (Wildman–Crippen LogP) is 4.14. The number of para-hydroxylation sites is 1. The lowest BCUT2D eigenvalue weighted by molar-refractivity contribution is 1.11. The van der Waals surface area contributed by atoms with Crippen molar-refractivity contribution >= 4 is 22.4 Å². The predicted molar refractivity (Wildman–Crippen MR) is 95.0 cm³/mol. The number of nitrogens with zero attached hydrogens (tertiary/aromatic N) is 4. The molecule has 5 heteroatoms. The number of rotatable bonds is 3. The second-order valence-corrected chi connectivity index (χ2v) is 5.46. The highest BCUT2D eigenvalue weighted by molar-refractivity contribution is 5.90. The number of aryl methyl sites for hydroxylation is 1. The van der Waals surface area contributed by atoms with Crippen LogP contribution >= 0.6 is 0 Å². The number of hydrogen-bond acceptors (Lipinski definition) is 5. The average molecular weight is 313 g/mol. The number of fused-ring (bicyclic) bond motifs is 1. The zero-order valence-corrected chi connectivity index (χ0v) is 13.1. The van der Waals surface area contributed by atoms with Gasteiger partial charge in [-0.1, -0.05) is 12.1 Å². The maximum absolute atomic E-state index is 4.45. The molecule has 0 fully saturated rings. The van der Waals surface area contributed by atoms with E-state index in [9.17, 15) is 0 Å². The minimum absolute atomic E-state index is 0.731. The smallest absolute Gasteiger partial charge is 0.159 e. The molecule has 2 aromatic carbocycles. The van der Waals surface area contributed by atoms with Gasteiger partial charge in [-0.3, -0.25) is 0 Å². The summed E-state index contributed by atoms with van der Waals surface area (Å²) in [7, 11) is 0. The molecule has 0 radical (unpaired) electrons. The molecule has 0 amide bonds. The van der Waals surface area contributed by atoms with Gasteiger partial charge >= 0.3 is 0 Å². The van der Waals surface area contributed by atoms with E-state index in [2.05, 4.69) is 25.3 Å². The van der Waals surface area contributed by atoms with Gasteiger partial charge in [-0.25, -0.2) is 19.9 Å². The average Bonchev–Trinajstić information content (AvgIpc) is 2.63. The third kappa shape index (κ3) is 2.79. The summed E-state index contributed by atoms with van der Waals surface area (Å²) in [6, 6.07) is 17.8. The number of anilines is 2. The molecule has 2 aromatic heterocycles. The molecule has 1 N–H and O–H groups in total. The van der Waals surface area contributed by atoms with E-state index < -0.39 is 0 Å². The van der Waals surface area contributed by atoms with Crippen LogP contribution in [0.15, 0.2) is 67.1 Å². The van der Waals surface area contributed by atoms with Crippen LogP contribution in [0.25, 0.3) is 22.3 Å². The third-order valence-corrected chi connectivity index (χ3v) is 3.74. The maximum atomic E-state index is 4.45. The molecule has 4 aromatic rings. The molecule has 116 valence electrons. The van der Waals surface area contributed by atoms with Crippen LogP contribution in [0.2, 0.25) is 0 Å². The summed E-state index contributed by atoms with van der Waals surface area (Å²) >= 11 is 0. The van der Waals surface area contributed by atoms with Gasteiger partial charge in [0.05, 0.1) is 5.52 Å². The summed E-state index contributed by atoms with van der Waals surface area (Å²) in [4.78, 5) is 17.4. The van der Waals surface area contributed by atoms with Gasteiger partial charge in [-0.15, -0.1) is 0 Å². The fourth-order valence-corrected chi connectivity index (χ4v) is 2.53. The largest absolute Gasteiger partial charge is 0.340 e. The van der Waals surface area contributed by atoms with Gasteiger partial charge in [0.2, 0.25) is 0 Å². The van der Waals surface area contributed by atoms with Gasteiger partial charge in [0.15, 0.2) is 5.82 Å². The SMILES string of the molecule is Cc1ccnc(-c2ccc(Nc3ncnc4ccccc34)cc2)n1.